The first kappa shape index (κ1) is 11.1. The van der Waals surface area contributed by atoms with E-state index in [9.17, 15) is 4.79 Å². The highest BCUT2D eigenvalue weighted by atomic mass is 16.1. The van der Waals surface area contributed by atoms with Gasteiger partial charge in [-0.25, -0.2) is 0 Å². The summed E-state index contributed by atoms with van der Waals surface area (Å²) in [6.45, 7) is 3.68. The SMILES string of the molecule is C=CCCCC(=O)C1CCc2ccccc21. The second kappa shape index (κ2) is 5.11. The van der Waals surface area contributed by atoms with Gasteiger partial charge in [0.25, 0.3) is 0 Å². The van der Waals surface area contributed by atoms with Crippen molar-refractivity contribution in [3.05, 3.63) is 48.0 Å². The Balaban J connectivity index is 2.01. The molecule has 1 aliphatic carbocycles. The van der Waals surface area contributed by atoms with Crippen molar-refractivity contribution >= 4 is 5.78 Å². The summed E-state index contributed by atoms with van der Waals surface area (Å²) in [4.78, 5) is 12.0. The highest BCUT2D eigenvalue weighted by molar-refractivity contribution is 5.86. The van der Waals surface area contributed by atoms with Crippen molar-refractivity contribution in [1.29, 1.82) is 0 Å². The highest BCUT2D eigenvalue weighted by Crippen LogP contribution is 2.34. The third kappa shape index (κ3) is 2.24. The van der Waals surface area contributed by atoms with Crippen LogP contribution in [0.1, 0.15) is 42.7 Å². The van der Waals surface area contributed by atoms with Gasteiger partial charge in [-0.2, -0.15) is 0 Å². The normalized spacial score (nSPS) is 18.1. The largest absolute Gasteiger partial charge is 0.299 e. The molecular weight excluding hydrogens is 196 g/mol. The van der Waals surface area contributed by atoms with Gasteiger partial charge in [0.05, 0.1) is 0 Å². The molecule has 0 bridgehead atoms. The average molecular weight is 214 g/mol. The van der Waals surface area contributed by atoms with Gasteiger partial charge in [-0.3, -0.25) is 4.79 Å². The number of benzene rings is 1. The maximum absolute atomic E-state index is 12.0. The Hall–Kier alpha value is -1.37. The van der Waals surface area contributed by atoms with Crippen LogP contribution in [0.2, 0.25) is 0 Å². The van der Waals surface area contributed by atoms with Crippen molar-refractivity contribution < 1.29 is 4.79 Å². The summed E-state index contributed by atoms with van der Waals surface area (Å²) < 4.78 is 0. The molecule has 0 amide bonds. The number of fused-ring (bicyclic) bond motifs is 1. The lowest BCUT2D eigenvalue weighted by Gasteiger charge is -2.09. The number of rotatable bonds is 5. The van der Waals surface area contributed by atoms with Crippen LogP contribution in [0.15, 0.2) is 36.9 Å². The quantitative estimate of drug-likeness (QED) is 0.540. The van der Waals surface area contributed by atoms with Gasteiger partial charge in [-0.15, -0.1) is 6.58 Å². The van der Waals surface area contributed by atoms with Gasteiger partial charge < -0.3 is 0 Å². The fourth-order valence-corrected chi connectivity index (χ4v) is 2.49. The molecule has 0 aromatic heterocycles. The van der Waals surface area contributed by atoms with E-state index in [-0.39, 0.29) is 5.92 Å². The molecule has 1 aliphatic rings. The van der Waals surface area contributed by atoms with E-state index in [0.29, 0.717) is 12.2 Å². The smallest absolute Gasteiger partial charge is 0.140 e. The van der Waals surface area contributed by atoms with Crippen molar-refractivity contribution in [2.45, 2.75) is 38.0 Å². The summed E-state index contributed by atoms with van der Waals surface area (Å²) in [7, 11) is 0. The van der Waals surface area contributed by atoms with Crippen molar-refractivity contribution in [3.63, 3.8) is 0 Å². The molecule has 84 valence electrons. The van der Waals surface area contributed by atoms with E-state index in [1.165, 1.54) is 11.1 Å². The maximum Gasteiger partial charge on any atom is 0.140 e. The minimum Gasteiger partial charge on any atom is -0.299 e. The van der Waals surface area contributed by atoms with Gasteiger partial charge in [-0.05, 0) is 36.8 Å². The van der Waals surface area contributed by atoms with Gasteiger partial charge in [0.2, 0.25) is 0 Å². The molecule has 0 fully saturated rings. The molecule has 2 rings (SSSR count). The number of unbranched alkanes of at least 4 members (excludes halogenated alkanes) is 1. The van der Waals surface area contributed by atoms with E-state index in [2.05, 4.69) is 24.8 Å². The molecule has 0 spiro atoms. The predicted molar refractivity (Wildman–Crippen MR) is 66.6 cm³/mol. The number of carbonyl (C=O) groups excluding carboxylic acids is 1. The first-order valence-electron chi connectivity index (χ1n) is 6.04. The minimum atomic E-state index is 0.168. The maximum atomic E-state index is 12.0. The molecule has 1 nitrogen and oxygen atoms in total. The zero-order valence-electron chi connectivity index (χ0n) is 9.61. The Labute approximate surface area is 97.2 Å². The summed E-state index contributed by atoms with van der Waals surface area (Å²) in [5.74, 6) is 0.577. The minimum absolute atomic E-state index is 0.168. The van der Waals surface area contributed by atoms with E-state index >= 15 is 0 Å². The molecule has 1 unspecified atom stereocenters. The van der Waals surface area contributed by atoms with E-state index in [1.54, 1.807) is 0 Å². The fraction of sp³-hybridized carbons (Fsp3) is 0.400. The van der Waals surface area contributed by atoms with Gasteiger partial charge in [0, 0.05) is 12.3 Å². The summed E-state index contributed by atoms with van der Waals surface area (Å²) in [5.41, 5.74) is 2.63. The number of aryl methyl sites for hydroxylation is 1. The number of hydrogen-bond acceptors (Lipinski definition) is 1. The second-order valence-corrected chi connectivity index (χ2v) is 4.44. The lowest BCUT2D eigenvalue weighted by atomic mass is 9.93. The molecule has 1 aromatic carbocycles. The molecule has 1 atom stereocenters. The zero-order valence-corrected chi connectivity index (χ0v) is 9.61. The first-order chi connectivity index (χ1) is 7.83. The molecule has 1 heteroatoms. The molecule has 0 radical (unpaired) electrons. The Morgan fingerprint density at radius 2 is 2.25 bits per heavy atom. The van der Waals surface area contributed by atoms with Crippen LogP contribution in [0.25, 0.3) is 0 Å². The third-order valence-corrected chi connectivity index (χ3v) is 3.35. The van der Waals surface area contributed by atoms with Crippen LogP contribution >= 0.6 is 0 Å². The van der Waals surface area contributed by atoms with E-state index in [0.717, 1.165) is 25.7 Å². The zero-order chi connectivity index (χ0) is 11.4. The van der Waals surface area contributed by atoms with Crippen molar-refractivity contribution in [2.24, 2.45) is 0 Å². The van der Waals surface area contributed by atoms with Crippen LogP contribution in [0.3, 0.4) is 0 Å². The fourth-order valence-electron chi connectivity index (χ4n) is 2.49. The Bertz CT molecular complexity index is 392. The Morgan fingerprint density at radius 3 is 3.06 bits per heavy atom. The molecule has 0 aliphatic heterocycles. The Kier molecular flexibility index (Phi) is 3.55. The summed E-state index contributed by atoms with van der Waals surface area (Å²) in [6.07, 6.45) is 6.54. The summed E-state index contributed by atoms with van der Waals surface area (Å²) in [6, 6.07) is 8.35. The molecule has 0 saturated heterocycles. The van der Waals surface area contributed by atoms with Crippen molar-refractivity contribution in [2.75, 3.05) is 0 Å². The number of carbonyl (C=O) groups is 1. The standard InChI is InChI=1S/C15H18O/c1-2-3-4-9-15(16)14-11-10-12-7-5-6-8-13(12)14/h2,5-8,14H,1,3-4,9-11H2. The van der Waals surface area contributed by atoms with Gasteiger partial charge in [0.1, 0.15) is 5.78 Å². The van der Waals surface area contributed by atoms with Gasteiger partial charge in [0.15, 0.2) is 0 Å². The lowest BCUT2D eigenvalue weighted by molar-refractivity contribution is -0.120. The van der Waals surface area contributed by atoms with Crippen LogP contribution in [-0.2, 0) is 11.2 Å². The van der Waals surface area contributed by atoms with Crippen LogP contribution in [-0.4, -0.2) is 5.78 Å². The number of allylic oxidation sites excluding steroid dienone is 1. The molecule has 0 N–H and O–H groups in total. The molecular formula is C15H18O. The predicted octanol–water partition coefficient (Wildman–Crippen LogP) is 3.64. The lowest BCUT2D eigenvalue weighted by Crippen LogP contribution is -2.09. The van der Waals surface area contributed by atoms with Crippen LogP contribution in [0.5, 0.6) is 0 Å². The molecule has 0 heterocycles. The monoisotopic (exact) mass is 214 g/mol. The van der Waals surface area contributed by atoms with Crippen molar-refractivity contribution in [1.82, 2.24) is 0 Å². The van der Waals surface area contributed by atoms with Crippen LogP contribution in [0, 0.1) is 0 Å². The van der Waals surface area contributed by atoms with Crippen LogP contribution in [0.4, 0.5) is 0 Å². The van der Waals surface area contributed by atoms with Gasteiger partial charge in [-0.1, -0.05) is 30.3 Å². The molecule has 1 aromatic rings. The van der Waals surface area contributed by atoms with Gasteiger partial charge >= 0.3 is 0 Å². The highest BCUT2D eigenvalue weighted by Gasteiger charge is 2.27. The topological polar surface area (TPSA) is 17.1 Å². The van der Waals surface area contributed by atoms with E-state index < -0.39 is 0 Å². The molecule has 0 saturated carbocycles. The summed E-state index contributed by atoms with van der Waals surface area (Å²) in [5, 5.41) is 0. The first-order valence-corrected chi connectivity index (χ1v) is 6.04. The van der Waals surface area contributed by atoms with Crippen LogP contribution < -0.4 is 0 Å². The third-order valence-electron chi connectivity index (χ3n) is 3.35. The van der Waals surface area contributed by atoms with E-state index in [1.807, 2.05) is 12.1 Å². The molecule has 16 heavy (non-hydrogen) atoms. The number of hydrogen-bond donors (Lipinski definition) is 0. The summed E-state index contributed by atoms with van der Waals surface area (Å²) >= 11 is 0. The van der Waals surface area contributed by atoms with E-state index in [4.69, 9.17) is 0 Å². The Morgan fingerprint density at radius 1 is 1.44 bits per heavy atom. The number of ketones is 1. The van der Waals surface area contributed by atoms with Crippen molar-refractivity contribution in [3.8, 4) is 0 Å². The second-order valence-electron chi connectivity index (χ2n) is 4.44. The number of Topliss-reactive ketones (excluding diaryl/α,β-unsaturated/α-hetero) is 1. The average Bonchev–Trinajstić information content (AvgIpc) is 2.73.